The van der Waals surface area contributed by atoms with Crippen LogP contribution in [0.25, 0.3) is 0 Å². The fraction of sp³-hybridized carbons (Fsp3) is 0.818. The molecule has 0 radical (unpaired) electrons. The van der Waals surface area contributed by atoms with E-state index >= 15 is 0 Å². The van der Waals surface area contributed by atoms with E-state index in [0.717, 1.165) is 64.4 Å². The molecule has 0 aliphatic heterocycles. The van der Waals surface area contributed by atoms with Crippen LogP contribution in [-0.4, -0.2) is 36.9 Å². The highest BCUT2D eigenvalue weighted by atomic mass is 16.5. The second-order valence-corrected chi connectivity index (χ2v) is 7.88. The second-order valence-electron chi connectivity index (χ2n) is 7.88. The predicted molar refractivity (Wildman–Crippen MR) is 104 cm³/mol. The lowest BCUT2D eigenvalue weighted by Crippen LogP contribution is -2.33. The molecule has 2 saturated carbocycles. The number of ether oxygens (including phenoxy) is 3. The highest BCUT2D eigenvalue weighted by Gasteiger charge is 2.31. The fourth-order valence-electron chi connectivity index (χ4n) is 3.98. The molecule has 0 atom stereocenters. The Kier molecular flexibility index (Phi) is 9.89. The van der Waals surface area contributed by atoms with E-state index in [9.17, 15) is 9.59 Å². The second kappa shape index (κ2) is 12.2. The summed E-state index contributed by atoms with van der Waals surface area (Å²) in [5.41, 5.74) is 0. The minimum atomic E-state index is -0.384. The van der Waals surface area contributed by atoms with Crippen molar-refractivity contribution >= 4 is 11.9 Å². The zero-order valence-corrected chi connectivity index (χ0v) is 16.8. The van der Waals surface area contributed by atoms with Crippen molar-refractivity contribution in [2.75, 3.05) is 6.61 Å². The third kappa shape index (κ3) is 8.04. The Morgan fingerprint density at radius 3 is 2.07 bits per heavy atom. The van der Waals surface area contributed by atoms with Crippen LogP contribution in [0, 0.1) is 5.92 Å². The Morgan fingerprint density at radius 1 is 0.852 bits per heavy atom. The molecule has 5 nitrogen and oxygen atoms in total. The Hall–Kier alpha value is -1.36. The minimum Gasteiger partial charge on any atom is -0.462 e. The van der Waals surface area contributed by atoms with E-state index in [1.165, 1.54) is 25.3 Å². The molecular formula is C22H36O5. The lowest BCUT2D eigenvalue weighted by molar-refractivity contribution is -0.159. The first-order valence-corrected chi connectivity index (χ1v) is 10.8. The summed E-state index contributed by atoms with van der Waals surface area (Å²) >= 11 is 0. The highest BCUT2D eigenvalue weighted by Crippen LogP contribution is 2.30. The van der Waals surface area contributed by atoms with Crippen molar-refractivity contribution in [1.29, 1.82) is 0 Å². The van der Waals surface area contributed by atoms with E-state index in [4.69, 9.17) is 14.2 Å². The molecule has 5 heteroatoms. The fourth-order valence-corrected chi connectivity index (χ4v) is 3.98. The monoisotopic (exact) mass is 380 g/mol. The van der Waals surface area contributed by atoms with Gasteiger partial charge in [0, 0.05) is 12.7 Å². The van der Waals surface area contributed by atoms with Gasteiger partial charge in [-0.1, -0.05) is 32.8 Å². The summed E-state index contributed by atoms with van der Waals surface area (Å²) < 4.78 is 17.0. The van der Waals surface area contributed by atoms with E-state index in [-0.39, 0.29) is 30.1 Å². The molecule has 0 amide bonds. The number of rotatable bonds is 10. The number of esters is 2. The summed E-state index contributed by atoms with van der Waals surface area (Å²) in [6.07, 6.45) is 13.0. The van der Waals surface area contributed by atoms with Crippen LogP contribution in [0.4, 0.5) is 0 Å². The van der Waals surface area contributed by atoms with Crippen LogP contribution in [0.3, 0.4) is 0 Å². The zero-order chi connectivity index (χ0) is 19.5. The average Bonchev–Trinajstić information content (AvgIpc) is 2.69. The standard InChI is InChI=1S/C22H36O5/c1-3-5-6-7-16-25-18-12-14-20(15-13-18)27-22(24)17-8-10-19(11-9-17)26-21(23)4-2/h4,17-20H,2-3,5-16H2,1H3. The van der Waals surface area contributed by atoms with Gasteiger partial charge in [-0.2, -0.15) is 0 Å². The van der Waals surface area contributed by atoms with Crippen LogP contribution in [0.5, 0.6) is 0 Å². The van der Waals surface area contributed by atoms with Gasteiger partial charge in [-0.3, -0.25) is 4.79 Å². The molecule has 2 rings (SSSR count). The van der Waals surface area contributed by atoms with Crippen molar-refractivity contribution in [3.8, 4) is 0 Å². The quantitative estimate of drug-likeness (QED) is 0.312. The van der Waals surface area contributed by atoms with E-state index in [1.54, 1.807) is 0 Å². The van der Waals surface area contributed by atoms with Gasteiger partial charge in [-0.25, -0.2) is 4.79 Å². The van der Waals surface area contributed by atoms with Crippen LogP contribution in [0.1, 0.15) is 84.0 Å². The molecule has 2 aliphatic rings. The van der Waals surface area contributed by atoms with Gasteiger partial charge in [-0.15, -0.1) is 0 Å². The smallest absolute Gasteiger partial charge is 0.330 e. The van der Waals surface area contributed by atoms with Gasteiger partial charge in [0.1, 0.15) is 12.2 Å². The van der Waals surface area contributed by atoms with Gasteiger partial charge >= 0.3 is 11.9 Å². The summed E-state index contributed by atoms with van der Waals surface area (Å²) in [5, 5.41) is 0. The van der Waals surface area contributed by atoms with Crippen LogP contribution >= 0.6 is 0 Å². The average molecular weight is 381 g/mol. The van der Waals surface area contributed by atoms with Gasteiger partial charge < -0.3 is 14.2 Å². The maximum absolute atomic E-state index is 12.4. The molecule has 0 aromatic rings. The van der Waals surface area contributed by atoms with Crippen LogP contribution in [0.2, 0.25) is 0 Å². The first kappa shape index (κ1) is 21.9. The first-order chi connectivity index (χ1) is 13.1. The Bertz CT molecular complexity index is 459. The van der Waals surface area contributed by atoms with E-state index in [1.807, 2.05) is 0 Å². The van der Waals surface area contributed by atoms with E-state index in [2.05, 4.69) is 13.5 Å². The number of carbonyl (C=O) groups excluding carboxylic acids is 2. The molecule has 0 heterocycles. The molecule has 0 aromatic heterocycles. The molecule has 0 unspecified atom stereocenters. The van der Waals surface area contributed by atoms with Crippen molar-refractivity contribution < 1.29 is 23.8 Å². The molecule has 0 spiro atoms. The Morgan fingerprint density at radius 2 is 1.44 bits per heavy atom. The minimum absolute atomic E-state index is 0.0359. The molecule has 154 valence electrons. The maximum Gasteiger partial charge on any atom is 0.330 e. The third-order valence-electron chi connectivity index (χ3n) is 5.71. The number of hydrogen-bond acceptors (Lipinski definition) is 5. The molecule has 0 bridgehead atoms. The predicted octanol–water partition coefficient (Wildman–Crippen LogP) is 4.73. The van der Waals surface area contributed by atoms with Gasteiger partial charge in [0.2, 0.25) is 0 Å². The van der Waals surface area contributed by atoms with Crippen molar-refractivity contribution in [1.82, 2.24) is 0 Å². The lowest BCUT2D eigenvalue weighted by Gasteiger charge is -2.31. The third-order valence-corrected chi connectivity index (χ3v) is 5.71. The molecule has 0 saturated heterocycles. The summed E-state index contributed by atoms with van der Waals surface area (Å²) in [4.78, 5) is 23.7. The summed E-state index contributed by atoms with van der Waals surface area (Å²) in [5.74, 6) is -0.519. The molecule has 0 N–H and O–H groups in total. The SMILES string of the molecule is C=CC(=O)OC1CCC(C(=O)OC2CCC(OCCCCCC)CC2)CC1. The van der Waals surface area contributed by atoms with Crippen LogP contribution in [-0.2, 0) is 23.8 Å². The van der Waals surface area contributed by atoms with Crippen LogP contribution < -0.4 is 0 Å². The first-order valence-electron chi connectivity index (χ1n) is 10.8. The van der Waals surface area contributed by atoms with Gasteiger partial charge in [-0.05, 0) is 57.8 Å². The zero-order valence-electron chi connectivity index (χ0n) is 16.8. The lowest BCUT2D eigenvalue weighted by atomic mass is 9.87. The number of hydrogen-bond donors (Lipinski definition) is 0. The van der Waals surface area contributed by atoms with Crippen molar-refractivity contribution in [2.24, 2.45) is 5.92 Å². The summed E-state index contributed by atoms with van der Waals surface area (Å²) in [7, 11) is 0. The largest absolute Gasteiger partial charge is 0.462 e. The normalized spacial score (nSPS) is 28.3. The van der Waals surface area contributed by atoms with E-state index in [0.29, 0.717) is 6.10 Å². The van der Waals surface area contributed by atoms with Gasteiger partial charge in [0.05, 0.1) is 12.0 Å². The molecular weight excluding hydrogens is 344 g/mol. The molecule has 27 heavy (non-hydrogen) atoms. The van der Waals surface area contributed by atoms with E-state index < -0.39 is 0 Å². The Labute approximate surface area is 163 Å². The topological polar surface area (TPSA) is 61.8 Å². The maximum atomic E-state index is 12.4. The summed E-state index contributed by atoms with van der Waals surface area (Å²) in [6, 6.07) is 0. The number of unbranched alkanes of at least 4 members (excludes halogenated alkanes) is 3. The van der Waals surface area contributed by atoms with Crippen LogP contribution in [0.15, 0.2) is 12.7 Å². The molecule has 0 aromatic carbocycles. The number of carbonyl (C=O) groups is 2. The van der Waals surface area contributed by atoms with Gasteiger partial charge in [0.15, 0.2) is 0 Å². The van der Waals surface area contributed by atoms with Crippen molar-refractivity contribution in [3.05, 3.63) is 12.7 Å². The van der Waals surface area contributed by atoms with Crippen molar-refractivity contribution in [3.63, 3.8) is 0 Å². The Balaban J connectivity index is 1.58. The highest BCUT2D eigenvalue weighted by molar-refractivity contribution is 5.81. The molecule has 2 aliphatic carbocycles. The molecule has 2 fully saturated rings. The van der Waals surface area contributed by atoms with Crippen molar-refractivity contribution in [2.45, 2.75) is 102 Å². The van der Waals surface area contributed by atoms with Gasteiger partial charge in [0.25, 0.3) is 0 Å². The summed E-state index contributed by atoms with van der Waals surface area (Å²) in [6.45, 7) is 6.48.